The lowest BCUT2D eigenvalue weighted by atomic mass is 10.1. The van der Waals surface area contributed by atoms with Crippen LogP contribution in [0.3, 0.4) is 0 Å². The fraction of sp³-hybridized carbons (Fsp3) is 0.538. The van der Waals surface area contributed by atoms with Crippen LogP contribution in [-0.2, 0) is 6.54 Å². The first-order chi connectivity index (χ1) is 16.1. The third-order valence-corrected chi connectivity index (χ3v) is 6.60. The zero-order valence-corrected chi connectivity index (χ0v) is 20.4. The van der Waals surface area contributed by atoms with Crippen LogP contribution in [0.4, 0.5) is 11.5 Å². The van der Waals surface area contributed by atoms with Gasteiger partial charge in [-0.05, 0) is 63.1 Å². The number of aromatic nitrogens is 1. The van der Waals surface area contributed by atoms with Crippen molar-refractivity contribution in [1.82, 2.24) is 20.5 Å². The summed E-state index contributed by atoms with van der Waals surface area (Å²) < 4.78 is 0. The molecule has 2 aromatic rings. The molecule has 2 aliphatic heterocycles. The Bertz CT molecular complexity index is 897. The molecule has 2 aliphatic rings. The minimum Gasteiger partial charge on any atom is -0.372 e. The predicted molar refractivity (Wildman–Crippen MR) is 138 cm³/mol. The van der Waals surface area contributed by atoms with Crippen LogP contribution >= 0.6 is 0 Å². The molecule has 7 nitrogen and oxygen atoms in total. The number of rotatable bonds is 7. The molecule has 2 saturated heterocycles. The molecule has 2 N–H and O–H groups in total. The van der Waals surface area contributed by atoms with Gasteiger partial charge in [0.05, 0.1) is 12.6 Å². The maximum Gasteiger partial charge on any atom is 0.192 e. The zero-order chi connectivity index (χ0) is 23.0. The SMILES string of the molecule is CCNC(=NCc1ccc(N2CCN(C)CC2)nc1)NC(C)c1cccc(N2CCCC2)c1. The van der Waals surface area contributed by atoms with Gasteiger partial charge in [-0.1, -0.05) is 18.2 Å². The summed E-state index contributed by atoms with van der Waals surface area (Å²) in [5.74, 6) is 1.90. The summed E-state index contributed by atoms with van der Waals surface area (Å²) in [7, 11) is 2.17. The summed E-state index contributed by atoms with van der Waals surface area (Å²) in [6, 6.07) is 13.3. The molecule has 0 amide bonds. The van der Waals surface area contributed by atoms with Gasteiger partial charge in [0.25, 0.3) is 0 Å². The van der Waals surface area contributed by atoms with Gasteiger partial charge < -0.3 is 25.3 Å². The van der Waals surface area contributed by atoms with Gasteiger partial charge in [-0.3, -0.25) is 0 Å². The largest absolute Gasteiger partial charge is 0.372 e. The number of nitrogens with zero attached hydrogens (tertiary/aromatic N) is 5. The van der Waals surface area contributed by atoms with Gasteiger partial charge in [-0.15, -0.1) is 0 Å². The van der Waals surface area contributed by atoms with Crippen LogP contribution in [0.1, 0.15) is 43.9 Å². The highest BCUT2D eigenvalue weighted by Crippen LogP contribution is 2.24. The van der Waals surface area contributed by atoms with Crippen LogP contribution in [0.15, 0.2) is 47.6 Å². The molecule has 7 heteroatoms. The Kier molecular flexibility index (Phi) is 8.05. The van der Waals surface area contributed by atoms with Crippen LogP contribution in [0.5, 0.6) is 0 Å². The van der Waals surface area contributed by atoms with Crippen molar-refractivity contribution >= 4 is 17.5 Å². The van der Waals surface area contributed by atoms with E-state index in [1.807, 2.05) is 6.20 Å². The van der Waals surface area contributed by atoms with E-state index >= 15 is 0 Å². The lowest BCUT2D eigenvalue weighted by Crippen LogP contribution is -2.44. The van der Waals surface area contributed by atoms with Crippen LogP contribution in [0.25, 0.3) is 0 Å². The van der Waals surface area contributed by atoms with Gasteiger partial charge in [0.15, 0.2) is 5.96 Å². The minimum atomic E-state index is 0.170. The maximum absolute atomic E-state index is 4.82. The third kappa shape index (κ3) is 6.38. The van der Waals surface area contributed by atoms with Gasteiger partial charge >= 0.3 is 0 Å². The molecular weight excluding hydrogens is 410 g/mol. The Morgan fingerprint density at radius 3 is 2.52 bits per heavy atom. The Hall–Kier alpha value is -2.80. The van der Waals surface area contributed by atoms with E-state index in [9.17, 15) is 0 Å². The number of nitrogens with one attached hydrogen (secondary N) is 2. The van der Waals surface area contributed by atoms with E-state index < -0.39 is 0 Å². The van der Waals surface area contributed by atoms with Crippen molar-refractivity contribution in [3.05, 3.63) is 53.7 Å². The molecule has 0 radical (unpaired) electrons. The quantitative estimate of drug-likeness (QED) is 0.500. The van der Waals surface area contributed by atoms with Crippen molar-refractivity contribution in [3.8, 4) is 0 Å². The average molecular weight is 450 g/mol. The number of piperazine rings is 1. The fourth-order valence-electron chi connectivity index (χ4n) is 4.48. The molecule has 1 aromatic carbocycles. The van der Waals surface area contributed by atoms with Crippen molar-refractivity contribution in [2.24, 2.45) is 4.99 Å². The summed E-state index contributed by atoms with van der Waals surface area (Å²) in [6.45, 7) is 12.3. The van der Waals surface area contributed by atoms with E-state index in [1.54, 1.807) is 0 Å². The number of hydrogen-bond acceptors (Lipinski definition) is 5. The van der Waals surface area contributed by atoms with Crippen molar-refractivity contribution in [2.45, 2.75) is 39.3 Å². The molecule has 178 valence electrons. The molecule has 4 rings (SSSR count). The smallest absolute Gasteiger partial charge is 0.192 e. The van der Waals surface area contributed by atoms with Gasteiger partial charge in [-0.25, -0.2) is 9.98 Å². The molecule has 3 heterocycles. The Balaban J connectivity index is 1.36. The predicted octanol–water partition coefficient (Wildman–Crippen LogP) is 3.25. The van der Waals surface area contributed by atoms with Crippen molar-refractivity contribution in [2.75, 3.05) is 62.7 Å². The van der Waals surface area contributed by atoms with Gasteiger partial charge in [0, 0.05) is 57.7 Å². The number of guanidine groups is 1. The summed E-state index contributed by atoms with van der Waals surface area (Å²) >= 11 is 0. The van der Waals surface area contributed by atoms with Crippen molar-refractivity contribution in [3.63, 3.8) is 0 Å². The molecule has 0 saturated carbocycles. The Morgan fingerprint density at radius 2 is 1.82 bits per heavy atom. The molecule has 1 unspecified atom stereocenters. The molecular formula is C26H39N7. The number of aliphatic imine (C=N–C) groups is 1. The Labute approximate surface area is 198 Å². The first-order valence-electron chi connectivity index (χ1n) is 12.4. The molecule has 0 aliphatic carbocycles. The number of likely N-dealkylation sites (N-methyl/N-ethyl adjacent to an activating group) is 1. The van der Waals surface area contributed by atoms with Crippen LogP contribution in [0, 0.1) is 0 Å². The summed E-state index contributed by atoms with van der Waals surface area (Å²) in [4.78, 5) is 16.7. The molecule has 1 aromatic heterocycles. The molecule has 0 spiro atoms. The highest BCUT2D eigenvalue weighted by Gasteiger charge is 2.16. The van der Waals surface area contributed by atoms with Crippen LogP contribution in [-0.4, -0.2) is 68.7 Å². The fourth-order valence-corrected chi connectivity index (χ4v) is 4.48. The second-order valence-electron chi connectivity index (χ2n) is 9.17. The van der Waals surface area contributed by atoms with Crippen molar-refractivity contribution < 1.29 is 0 Å². The van der Waals surface area contributed by atoms with Gasteiger partial charge in [0.1, 0.15) is 5.82 Å². The van der Waals surface area contributed by atoms with E-state index in [0.29, 0.717) is 6.54 Å². The second-order valence-corrected chi connectivity index (χ2v) is 9.17. The van der Waals surface area contributed by atoms with E-state index in [-0.39, 0.29) is 6.04 Å². The van der Waals surface area contributed by atoms with Crippen LogP contribution in [0.2, 0.25) is 0 Å². The summed E-state index contributed by atoms with van der Waals surface area (Å²) in [6.07, 6.45) is 4.55. The van der Waals surface area contributed by atoms with Crippen molar-refractivity contribution in [1.29, 1.82) is 0 Å². The number of hydrogen-bond donors (Lipinski definition) is 2. The van der Waals surface area contributed by atoms with Crippen LogP contribution < -0.4 is 20.4 Å². The normalized spacial score (nSPS) is 18.5. The molecule has 1 atom stereocenters. The maximum atomic E-state index is 4.82. The molecule has 2 fully saturated rings. The van der Waals surface area contributed by atoms with E-state index in [2.05, 4.69) is 82.6 Å². The number of benzene rings is 1. The van der Waals surface area contributed by atoms with Gasteiger partial charge in [-0.2, -0.15) is 0 Å². The molecule has 33 heavy (non-hydrogen) atoms. The number of anilines is 2. The van der Waals surface area contributed by atoms with E-state index in [1.165, 1.54) is 24.1 Å². The topological polar surface area (TPSA) is 59.0 Å². The Morgan fingerprint density at radius 1 is 1.03 bits per heavy atom. The third-order valence-electron chi connectivity index (χ3n) is 6.60. The zero-order valence-electron chi connectivity index (χ0n) is 20.4. The number of pyridine rings is 1. The van der Waals surface area contributed by atoms with E-state index in [4.69, 9.17) is 9.98 Å². The lowest BCUT2D eigenvalue weighted by molar-refractivity contribution is 0.312. The first kappa shape index (κ1) is 23.4. The second kappa shape index (κ2) is 11.4. The minimum absolute atomic E-state index is 0.170. The summed E-state index contributed by atoms with van der Waals surface area (Å²) in [5, 5.41) is 6.96. The molecule has 0 bridgehead atoms. The van der Waals surface area contributed by atoms with E-state index in [0.717, 1.165) is 63.2 Å². The first-order valence-corrected chi connectivity index (χ1v) is 12.4. The highest BCUT2D eigenvalue weighted by molar-refractivity contribution is 5.80. The summed E-state index contributed by atoms with van der Waals surface area (Å²) in [5.41, 5.74) is 3.73. The standard InChI is InChI=1S/C26H39N7/c1-4-27-26(30-21(2)23-8-7-9-24(18-23)32-12-5-6-13-32)29-20-22-10-11-25(28-19-22)33-16-14-31(3)15-17-33/h7-11,18-19,21H,4-6,12-17,20H2,1-3H3,(H2,27,29,30). The van der Waals surface area contributed by atoms with Gasteiger partial charge in [0.2, 0.25) is 0 Å². The average Bonchev–Trinajstić information content (AvgIpc) is 3.39. The highest BCUT2D eigenvalue weighted by atomic mass is 15.3. The monoisotopic (exact) mass is 449 g/mol. The lowest BCUT2D eigenvalue weighted by Gasteiger charge is -2.33.